The standard InChI is InChI=1S/C35H39ClFN5O4/c1-3-5-10-27-22-44-16-14-42(27)13-7-15-45-33-20-30-28(19-31(33)41-34(43)4-2)35(39-23-38-30)40-26-11-12-32(29(36)18-26)46-21-24-8-6-9-25(37)17-24/h4,6,8-9,11-12,17-20,23,27H,2-3,5,7,10,13-16,21-22H2,1H3,(H,41,43)(H,38,39,40)/t27-/m0/s1. The lowest BCUT2D eigenvalue weighted by molar-refractivity contribution is -0.111. The van der Waals surface area contributed by atoms with E-state index in [0.29, 0.717) is 62.8 Å². The first-order valence-corrected chi connectivity index (χ1v) is 15.9. The van der Waals surface area contributed by atoms with Crippen molar-refractivity contribution in [3.05, 3.63) is 90.0 Å². The van der Waals surface area contributed by atoms with Gasteiger partial charge in [-0.05, 0) is 60.9 Å². The Morgan fingerprint density at radius 1 is 1.15 bits per heavy atom. The van der Waals surface area contributed by atoms with Crippen molar-refractivity contribution in [1.29, 1.82) is 0 Å². The maximum Gasteiger partial charge on any atom is 0.247 e. The van der Waals surface area contributed by atoms with E-state index < -0.39 is 0 Å². The smallest absolute Gasteiger partial charge is 0.247 e. The summed E-state index contributed by atoms with van der Waals surface area (Å²) in [4.78, 5) is 23.7. The maximum absolute atomic E-state index is 13.5. The molecule has 2 heterocycles. The lowest BCUT2D eigenvalue weighted by Crippen LogP contribution is -2.46. The summed E-state index contributed by atoms with van der Waals surface area (Å²) >= 11 is 6.52. The second kappa shape index (κ2) is 16.4. The van der Waals surface area contributed by atoms with Gasteiger partial charge in [0.05, 0.1) is 36.0 Å². The molecule has 0 bridgehead atoms. The summed E-state index contributed by atoms with van der Waals surface area (Å²) in [5, 5.41) is 7.19. The van der Waals surface area contributed by atoms with Crippen LogP contribution in [0.5, 0.6) is 11.5 Å². The molecule has 3 aromatic carbocycles. The third-order valence-electron chi connectivity index (χ3n) is 7.75. The Morgan fingerprint density at radius 3 is 2.85 bits per heavy atom. The van der Waals surface area contributed by atoms with Gasteiger partial charge in [-0.25, -0.2) is 14.4 Å². The summed E-state index contributed by atoms with van der Waals surface area (Å²) < 4.78 is 31.2. The molecule has 11 heteroatoms. The number of nitrogens with one attached hydrogen (secondary N) is 2. The molecule has 1 atom stereocenters. The van der Waals surface area contributed by atoms with Crippen LogP contribution in [0.4, 0.5) is 21.6 Å². The highest BCUT2D eigenvalue weighted by Crippen LogP contribution is 2.35. The van der Waals surface area contributed by atoms with Gasteiger partial charge < -0.3 is 24.8 Å². The number of rotatable bonds is 15. The zero-order valence-electron chi connectivity index (χ0n) is 25.9. The predicted octanol–water partition coefficient (Wildman–Crippen LogP) is 7.53. The fraction of sp³-hybridized carbons (Fsp3) is 0.343. The fourth-order valence-corrected chi connectivity index (χ4v) is 5.58. The molecule has 1 aliphatic rings. The van der Waals surface area contributed by atoms with Gasteiger partial charge in [0.15, 0.2) is 0 Å². The number of amides is 1. The van der Waals surface area contributed by atoms with E-state index in [-0.39, 0.29) is 18.3 Å². The van der Waals surface area contributed by atoms with Gasteiger partial charge in [0.2, 0.25) is 5.91 Å². The highest BCUT2D eigenvalue weighted by atomic mass is 35.5. The number of halogens is 2. The minimum atomic E-state index is -0.358. The van der Waals surface area contributed by atoms with E-state index in [2.05, 4.69) is 39.0 Å². The molecular formula is C35H39ClFN5O4. The lowest BCUT2D eigenvalue weighted by atomic mass is 10.1. The fourth-order valence-electron chi connectivity index (χ4n) is 5.34. The summed E-state index contributed by atoms with van der Waals surface area (Å²) in [7, 11) is 0. The van der Waals surface area contributed by atoms with Gasteiger partial charge in [-0.3, -0.25) is 9.69 Å². The van der Waals surface area contributed by atoms with Crippen LogP contribution in [0.25, 0.3) is 10.9 Å². The van der Waals surface area contributed by atoms with Crippen LogP contribution >= 0.6 is 11.6 Å². The molecule has 1 aromatic heterocycles. The van der Waals surface area contributed by atoms with Crippen LogP contribution in [-0.2, 0) is 16.1 Å². The van der Waals surface area contributed by atoms with E-state index in [9.17, 15) is 9.18 Å². The predicted molar refractivity (Wildman–Crippen MR) is 180 cm³/mol. The van der Waals surface area contributed by atoms with Gasteiger partial charge in [-0.2, -0.15) is 0 Å². The molecule has 0 unspecified atom stereocenters. The molecule has 46 heavy (non-hydrogen) atoms. The Morgan fingerprint density at radius 2 is 2.04 bits per heavy atom. The van der Waals surface area contributed by atoms with Crippen molar-refractivity contribution in [3.8, 4) is 11.5 Å². The SMILES string of the molecule is C=CC(=O)Nc1cc2c(Nc3ccc(OCc4cccc(F)c4)c(Cl)c3)ncnc2cc1OCCCN1CCOC[C@@H]1CCCC. The van der Waals surface area contributed by atoms with E-state index >= 15 is 0 Å². The molecule has 2 N–H and O–H groups in total. The quantitative estimate of drug-likeness (QED) is 0.101. The molecule has 4 aromatic rings. The molecule has 242 valence electrons. The van der Waals surface area contributed by atoms with Gasteiger partial charge in [0, 0.05) is 36.3 Å². The molecule has 9 nitrogen and oxygen atoms in total. The molecule has 1 aliphatic heterocycles. The molecule has 0 saturated carbocycles. The minimum Gasteiger partial charge on any atom is -0.491 e. The van der Waals surface area contributed by atoms with E-state index in [0.717, 1.165) is 39.1 Å². The molecular weight excluding hydrogens is 609 g/mol. The maximum atomic E-state index is 13.5. The van der Waals surface area contributed by atoms with Crippen molar-refractivity contribution in [2.45, 2.75) is 45.3 Å². The number of anilines is 3. The number of carbonyl (C=O) groups excluding carboxylic acids is 1. The van der Waals surface area contributed by atoms with Crippen LogP contribution in [-0.4, -0.2) is 59.7 Å². The van der Waals surface area contributed by atoms with Crippen LogP contribution in [0.2, 0.25) is 5.02 Å². The molecule has 0 spiro atoms. The number of hydrogen-bond acceptors (Lipinski definition) is 8. The molecule has 0 aliphatic carbocycles. The van der Waals surface area contributed by atoms with E-state index in [4.69, 9.17) is 25.8 Å². The number of ether oxygens (including phenoxy) is 3. The van der Waals surface area contributed by atoms with Crippen LogP contribution in [0, 0.1) is 5.82 Å². The van der Waals surface area contributed by atoms with E-state index in [1.54, 1.807) is 42.5 Å². The number of morpholine rings is 1. The molecule has 1 fully saturated rings. The minimum absolute atomic E-state index is 0.178. The Balaban J connectivity index is 1.28. The Kier molecular flexibility index (Phi) is 11.8. The van der Waals surface area contributed by atoms with Crippen LogP contribution in [0.3, 0.4) is 0 Å². The van der Waals surface area contributed by atoms with Gasteiger partial charge in [-0.15, -0.1) is 0 Å². The normalized spacial score (nSPS) is 15.0. The Hall–Kier alpha value is -4.25. The van der Waals surface area contributed by atoms with Crippen LogP contribution < -0.4 is 20.1 Å². The number of carbonyl (C=O) groups is 1. The van der Waals surface area contributed by atoms with Crippen molar-refractivity contribution in [3.63, 3.8) is 0 Å². The van der Waals surface area contributed by atoms with Crippen molar-refractivity contribution in [2.75, 3.05) is 43.5 Å². The zero-order chi connectivity index (χ0) is 32.3. The summed E-state index contributed by atoms with van der Waals surface area (Å²) in [6.07, 6.45) is 7.00. The monoisotopic (exact) mass is 647 g/mol. The first-order valence-electron chi connectivity index (χ1n) is 15.5. The van der Waals surface area contributed by atoms with Crippen molar-refractivity contribution in [1.82, 2.24) is 14.9 Å². The second-order valence-electron chi connectivity index (χ2n) is 11.1. The summed E-state index contributed by atoms with van der Waals surface area (Å²) in [6.45, 7) is 9.81. The van der Waals surface area contributed by atoms with Gasteiger partial charge in [-0.1, -0.05) is 50.1 Å². The van der Waals surface area contributed by atoms with Gasteiger partial charge >= 0.3 is 0 Å². The molecule has 0 radical (unpaired) electrons. The van der Waals surface area contributed by atoms with Gasteiger partial charge in [0.25, 0.3) is 0 Å². The summed E-state index contributed by atoms with van der Waals surface area (Å²) in [5.74, 6) is 0.809. The topological polar surface area (TPSA) is 97.8 Å². The average molecular weight is 648 g/mol. The highest BCUT2D eigenvalue weighted by molar-refractivity contribution is 6.32. The number of hydrogen-bond donors (Lipinski definition) is 2. The van der Waals surface area contributed by atoms with E-state index in [1.807, 2.05) is 0 Å². The number of nitrogens with zero attached hydrogens (tertiary/aromatic N) is 3. The first-order chi connectivity index (χ1) is 22.4. The first kappa shape index (κ1) is 33.1. The van der Waals surface area contributed by atoms with Crippen molar-refractivity contribution in [2.24, 2.45) is 0 Å². The third-order valence-corrected chi connectivity index (χ3v) is 8.04. The largest absolute Gasteiger partial charge is 0.491 e. The Bertz CT molecular complexity index is 1660. The van der Waals surface area contributed by atoms with Crippen LogP contribution in [0.1, 0.15) is 38.2 Å². The zero-order valence-corrected chi connectivity index (χ0v) is 26.7. The number of fused-ring (bicyclic) bond motifs is 1. The molecule has 1 amide bonds. The molecule has 1 saturated heterocycles. The lowest BCUT2D eigenvalue weighted by Gasteiger charge is -2.35. The van der Waals surface area contributed by atoms with E-state index in [1.165, 1.54) is 37.4 Å². The number of benzene rings is 3. The average Bonchev–Trinajstić information content (AvgIpc) is 3.06. The Labute approximate surface area is 273 Å². The number of aromatic nitrogens is 2. The van der Waals surface area contributed by atoms with Crippen molar-refractivity contribution < 1.29 is 23.4 Å². The van der Waals surface area contributed by atoms with Crippen molar-refractivity contribution >= 4 is 45.6 Å². The third kappa shape index (κ3) is 8.93. The van der Waals surface area contributed by atoms with Crippen LogP contribution in [0.15, 0.2) is 73.6 Å². The second-order valence-corrected chi connectivity index (χ2v) is 11.5. The highest BCUT2D eigenvalue weighted by Gasteiger charge is 2.22. The number of unbranched alkanes of at least 4 members (excludes halogenated alkanes) is 1. The van der Waals surface area contributed by atoms with Gasteiger partial charge in [0.1, 0.15) is 36.1 Å². The summed E-state index contributed by atoms with van der Waals surface area (Å²) in [6, 6.07) is 15.5. The molecule has 5 rings (SSSR count). The summed E-state index contributed by atoms with van der Waals surface area (Å²) in [5.41, 5.74) is 2.49.